The van der Waals surface area contributed by atoms with Crippen LogP contribution in [0.2, 0.25) is 0 Å². The smallest absolute Gasteiger partial charge is 0.125 e. The Hall–Kier alpha value is -1.18. The van der Waals surface area contributed by atoms with Crippen molar-refractivity contribution in [2.45, 2.75) is 44.6 Å². The molecule has 1 aliphatic heterocycles. The zero-order chi connectivity index (χ0) is 10.8. The van der Waals surface area contributed by atoms with Gasteiger partial charge >= 0.3 is 0 Å². The lowest BCUT2D eigenvalue weighted by Crippen LogP contribution is -2.20. The first kappa shape index (κ1) is 10.0. The highest BCUT2D eigenvalue weighted by atomic mass is 16.5. The van der Waals surface area contributed by atoms with Crippen molar-refractivity contribution in [2.24, 2.45) is 0 Å². The van der Waals surface area contributed by atoms with Gasteiger partial charge in [-0.25, -0.2) is 0 Å². The summed E-state index contributed by atoms with van der Waals surface area (Å²) >= 11 is 0. The lowest BCUT2D eigenvalue weighted by molar-refractivity contribution is 0.154. The van der Waals surface area contributed by atoms with E-state index in [1.54, 1.807) is 0 Å². The summed E-state index contributed by atoms with van der Waals surface area (Å²) < 4.78 is 6.16. The molecule has 1 aromatic carbocycles. The predicted molar refractivity (Wildman–Crippen MR) is 66.1 cm³/mol. The minimum Gasteiger partial charge on any atom is -0.490 e. The molecule has 16 heavy (non-hydrogen) atoms. The molecule has 0 saturated heterocycles. The molecule has 86 valence electrons. The standard InChI is InChI=1S/C14H19NO/c1-2-5-11(6-3-1)16-14-8-4-7-13-12(14)9-10-15-13/h4,7-8,11,15H,1-3,5-6,9-10H2. The first-order valence-corrected chi connectivity index (χ1v) is 6.46. The summed E-state index contributed by atoms with van der Waals surface area (Å²) in [5, 5.41) is 3.40. The fraction of sp³-hybridized carbons (Fsp3) is 0.571. The van der Waals surface area contributed by atoms with Gasteiger partial charge in [0.25, 0.3) is 0 Å². The van der Waals surface area contributed by atoms with Crippen molar-refractivity contribution < 1.29 is 4.74 Å². The van der Waals surface area contributed by atoms with Crippen LogP contribution in [0, 0.1) is 0 Å². The normalized spacial score (nSPS) is 20.2. The van der Waals surface area contributed by atoms with Crippen molar-refractivity contribution >= 4 is 5.69 Å². The topological polar surface area (TPSA) is 21.3 Å². The molecule has 1 aliphatic carbocycles. The van der Waals surface area contributed by atoms with Crippen LogP contribution in [0.15, 0.2) is 18.2 Å². The molecule has 0 aromatic heterocycles. The summed E-state index contributed by atoms with van der Waals surface area (Å²) in [7, 11) is 0. The molecule has 1 saturated carbocycles. The summed E-state index contributed by atoms with van der Waals surface area (Å²) in [6.45, 7) is 1.06. The number of nitrogens with one attached hydrogen (secondary N) is 1. The second kappa shape index (κ2) is 4.36. The molecule has 0 amide bonds. The maximum Gasteiger partial charge on any atom is 0.125 e. The molecule has 1 aromatic rings. The molecule has 1 N–H and O–H groups in total. The monoisotopic (exact) mass is 217 g/mol. The van der Waals surface area contributed by atoms with Crippen LogP contribution in [-0.4, -0.2) is 12.6 Å². The molecule has 1 heterocycles. The minimum atomic E-state index is 0.459. The molecule has 2 heteroatoms. The van der Waals surface area contributed by atoms with Crippen molar-refractivity contribution in [3.63, 3.8) is 0 Å². The van der Waals surface area contributed by atoms with Crippen molar-refractivity contribution in [2.75, 3.05) is 11.9 Å². The number of hydrogen-bond donors (Lipinski definition) is 1. The van der Waals surface area contributed by atoms with Gasteiger partial charge in [-0.1, -0.05) is 12.5 Å². The molecule has 1 fully saturated rings. The zero-order valence-corrected chi connectivity index (χ0v) is 9.67. The highest BCUT2D eigenvalue weighted by Crippen LogP contribution is 2.33. The van der Waals surface area contributed by atoms with Crippen molar-refractivity contribution in [1.29, 1.82) is 0 Å². The van der Waals surface area contributed by atoms with Gasteiger partial charge in [-0.15, -0.1) is 0 Å². The average molecular weight is 217 g/mol. The molecule has 2 aliphatic rings. The van der Waals surface area contributed by atoms with Crippen LogP contribution in [0.4, 0.5) is 5.69 Å². The van der Waals surface area contributed by atoms with Gasteiger partial charge in [-0.05, 0) is 44.2 Å². The lowest BCUT2D eigenvalue weighted by Gasteiger charge is -2.24. The van der Waals surface area contributed by atoms with Gasteiger partial charge in [0.05, 0.1) is 6.10 Å². The summed E-state index contributed by atoms with van der Waals surface area (Å²) in [5.41, 5.74) is 2.65. The van der Waals surface area contributed by atoms with Crippen LogP contribution in [0.5, 0.6) is 5.75 Å². The molecule has 2 nitrogen and oxygen atoms in total. The van der Waals surface area contributed by atoms with E-state index < -0.39 is 0 Å². The number of fused-ring (bicyclic) bond motifs is 1. The van der Waals surface area contributed by atoms with Crippen LogP contribution < -0.4 is 10.1 Å². The number of benzene rings is 1. The van der Waals surface area contributed by atoms with Crippen LogP contribution >= 0.6 is 0 Å². The Labute approximate surface area is 97.0 Å². The maximum atomic E-state index is 6.16. The Morgan fingerprint density at radius 3 is 2.88 bits per heavy atom. The third-order valence-corrected chi connectivity index (χ3v) is 3.67. The highest BCUT2D eigenvalue weighted by Gasteiger charge is 2.19. The zero-order valence-electron chi connectivity index (χ0n) is 9.67. The van der Waals surface area contributed by atoms with Gasteiger partial charge in [-0.2, -0.15) is 0 Å². The molecule has 0 unspecified atom stereocenters. The molecule has 0 atom stereocenters. The third-order valence-electron chi connectivity index (χ3n) is 3.67. The van der Waals surface area contributed by atoms with Crippen molar-refractivity contribution in [3.05, 3.63) is 23.8 Å². The Bertz CT molecular complexity index is 369. The van der Waals surface area contributed by atoms with E-state index in [1.165, 1.54) is 43.4 Å². The summed E-state index contributed by atoms with van der Waals surface area (Å²) in [6, 6.07) is 6.37. The van der Waals surface area contributed by atoms with E-state index in [0.29, 0.717) is 6.10 Å². The molecular weight excluding hydrogens is 198 g/mol. The second-order valence-electron chi connectivity index (χ2n) is 4.84. The van der Waals surface area contributed by atoms with Crippen molar-refractivity contribution in [1.82, 2.24) is 0 Å². The van der Waals surface area contributed by atoms with Gasteiger partial charge in [0.1, 0.15) is 5.75 Å². The lowest BCUT2D eigenvalue weighted by atomic mass is 9.97. The Balaban J connectivity index is 1.76. The first-order chi connectivity index (χ1) is 7.93. The van der Waals surface area contributed by atoms with Crippen LogP contribution in [-0.2, 0) is 6.42 Å². The van der Waals surface area contributed by atoms with Crippen LogP contribution in [0.3, 0.4) is 0 Å². The molecule has 0 spiro atoms. The van der Waals surface area contributed by atoms with E-state index in [2.05, 4.69) is 23.5 Å². The largest absolute Gasteiger partial charge is 0.490 e. The summed E-state index contributed by atoms with van der Waals surface area (Å²) in [5.74, 6) is 1.12. The number of rotatable bonds is 2. The van der Waals surface area contributed by atoms with Crippen LogP contribution in [0.25, 0.3) is 0 Å². The van der Waals surface area contributed by atoms with Crippen molar-refractivity contribution in [3.8, 4) is 5.75 Å². The number of anilines is 1. The van der Waals surface area contributed by atoms with E-state index in [1.807, 2.05) is 0 Å². The first-order valence-electron chi connectivity index (χ1n) is 6.46. The molecule has 3 rings (SSSR count). The third kappa shape index (κ3) is 1.89. The SMILES string of the molecule is c1cc2c(c(OC3CCCCC3)c1)CCN2. The van der Waals surface area contributed by atoms with Gasteiger partial charge in [0.15, 0.2) is 0 Å². The minimum absolute atomic E-state index is 0.459. The Morgan fingerprint density at radius 2 is 2.00 bits per heavy atom. The summed E-state index contributed by atoms with van der Waals surface area (Å²) in [4.78, 5) is 0. The number of hydrogen-bond acceptors (Lipinski definition) is 2. The van der Waals surface area contributed by atoms with Gasteiger partial charge in [0.2, 0.25) is 0 Å². The fourth-order valence-corrected chi connectivity index (χ4v) is 2.78. The Morgan fingerprint density at radius 1 is 1.12 bits per heavy atom. The average Bonchev–Trinajstić information content (AvgIpc) is 2.80. The van der Waals surface area contributed by atoms with Crippen LogP contribution in [0.1, 0.15) is 37.7 Å². The quantitative estimate of drug-likeness (QED) is 0.820. The number of ether oxygens (including phenoxy) is 1. The predicted octanol–water partition coefficient (Wildman–Crippen LogP) is 3.37. The van der Waals surface area contributed by atoms with E-state index in [4.69, 9.17) is 4.74 Å². The Kier molecular flexibility index (Phi) is 2.73. The van der Waals surface area contributed by atoms with E-state index >= 15 is 0 Å². The van der Waals surface area contributed by atoms with E-state index in [9.17, 15) is 0 Å². The molecule has 0 bridgehead atoms. The van der Waals surface area contributed by atoms with Gasteiger partial charge < -0.3 is 10.1 Å². The molecule has 0 radical (unpaired) electrons. The van der Waals surface area contributed by atoms with E-state index in [0.717, 1.165) is 18.7 Å². The highest BCUT2D eigenvalue weighted by molar-refractivity contribution is 5.61. The molecular formula is C14H19NO. The second-order valence-corrected chi connectivity index (χ2v) is 4.84. The maximum absolute atomic E-state index is 6.16. The van der Waals surface area contributed by atoms with Gasteiger partial charge in [0, 0.05) is 17.8 Å². The summed E-state index contributed by atoms with van der Waals surface area (Å²) in [6.07, 6.45) is 8.08. The van der Waals surface area contributed by atoms with E-state index in [-0.39, 0.29) is 0 Å². The van der Waals surface area contributed by atoms with Gasteiger partial charge in [-0.3, -0.25) is 0 Å². The fourth-order valence-electron chi connectivity index (χ4n) is 2.78.